The summed E-state index contributed by atoms with van der Waals surface area (Å²) in [6.45, 7) is 0. The molecule has 0 atom stereocenters. The summed E-state index contributed by atoms with van der Waals surface area (Å²) in [4.78, 5) is 11.2. The first-order valence-electron chi connectivity index (χ1n) is 5.58. The van der Waals surface area contributed by atoms with Crippen LogP contribution in [0.2, 0.25) is 10.0 Å². The van der Waals surface area contributed by atoms with Crippen LogP contribution in [-0.4, -0.2) is 13.7 Å². The van der Waals surface area contributed by atoms with E-state index in [0.29, 0.717) is 0 Å². The van der Waals surface area contributed by atoms with Crippen molar-refractivity contribution in [3.05, 3.63) is 58.1 Å². The minimum Gasteiger partial charge on any atom is -0.279 e. The lowest BCUT2D eigenvalue weighted by molar-refractivity contribution is 0.108. The van der Waals surface area contributed by atoms with Crippen molar-refractivity contribution in [2.24, 2.45) is 0 Å². The molecule has 0 bridgehead atoms. The maximum atomic E-state index is 12.3. The van der Waals surface area contributed by atoms with Crippen molar-refractivity contribution in [1.82, 2.24) is 0 Å². The number of anilines is 1. The van der Waals surface area contributed by atoms with Gasteiger partial charge in [0, 0.05) is 0 Å². The van der Waals surface area contributed by atoms with Crippen LogP contribution in [0.5, 0.6) is 0 Å². The Labute approximate surface area is 136 Å². The largest absolute Gasteiger partial charge is 0.279 e. The van der Waals surface area contributed by atoms with E-state index in [2.05, 4.69) is 4.72 Å². The third-order valence-corrected chi connectivity index (χ3v) is 4.89. The first-order valence-corrected chi connectivity index (χ1v) is 8.20. The predicted octanol–water partition coefficient (Wildman–Crippen LogP) is 4.17. The SMILES string of the molecule is O=C(Cl)c1ccccc1NS(=O)(=O)c1ccc(Cl)c(Cl)c1. The molecule has 0 aliphatic rings. The van der Waals surface area contributed by atoms with Crippen LogP contribution < -0.4 is 4.72 Å². The van der Waals surface area contributed by atoms with Crippen molar-refractivity contribution in [2.75, 3.05) is 4.72 Å². The Morgan fingerprint density at radius 3 is 2.29 bits per heavy atom. The number of nitrogens with one attached hydrogen (secondary N) is 1. The third-order valence-electron chi connectivity index (χ3n) is 2.58. The topological polar surface area (TPSA) is 63.2 Å². The Morgan fingerprint density at radius 1 is 1.00 bits per heavy atom. The summed E-state index contributed by atoms with van der Waals surface area (Å²) < 4.78 is 26.8. The van der Waals surface area contributed by atoms with E-state index in [-0.39, 0.29) is 26.2 Å². The molecule has 4 nitrogen and oxygen atoms in total. The molecule has 1 N–H and O–H groups in total. The molecule has 2 aromatic carbocycles. The molecule has 0 amide bonds. The first-order chi connectivity index (χ1) is 9.81. The van der Waals surface area contributed by atoms with Crippen molar-refractivity contribution < 1.29 is 13.2 Å². The van der Waals surface area contributed by atoms with Gasteiger partial charge in [0.15, 0.2) is 0 Å². The van der Waals surface area contributed by atoms with Gasteiger partial charge in [-0.25, -0.2) is 8.42 Å². The number of carbonyl (C=O) groups excluding carboxylic acids is 1. The van der Waals surface area contributed by atoms with Crippen molar-refractivity contribution in [2.45, 2.75) is 4.90 Å². The molecule has 0 aromatic heterocycles. The van der Waals surface area contributed by atoms with E-state index in [9.17, 15) is 13.2 Å². The molecule has 0 spiro atoms. The Bertz CT molecular complexity index is 806. The summed E-state index contributed by atoms with van der Waals surface area (Å²) in [5.41, 5.74) is 0.145. The lowest BCUT2D eigenvalue weighted by atomic mass is 10.2. The van der Waals surface area contributed by atoms with Crippen LogP contribution in [0.1, 0.15) is 10.4 Å². The monoisotopic (exact) mass is 363 g/mol. The van der Waals surface area contributed by atoms with E-state index < -0.39 is 15.3 Å². The molecule has 0 fully saturated rings. The van der Waals surface area contributed by atoms with Crippen molar-refractivity contribution in [1.29, 1.82) is 0 Å². The fourth-order valence-electron chi connectivity index (χ4n) is 1.59. The van der Waals surface area contributed by atoms with Gasteiger partial charge in [0.05, 0.1) is 26.2 Å². The van der Waals surface area contributed by atoms with Crippen LogP contribution in [0, 0.1) is 0 Å². The van der Waals surface area contributed by atoms with Gasteiger partial charge in [-0.2, -0.15) is 0 Å². The minimum absolute atomic E-state index is 0.0582. The average Bonchev–Trinajstić information content (AvgIpc) is 2.41. The van der Waals surface area contributed by atoms with Gasteiger partial charge < -0.3 is 0 Å². The summed E-state index contributed by atoms with van der Waals surface area (Å²) in [5.74, 6) is 0. The molecular formula is C13H8Cl3NO3S. The summed E-state index contributed by atoms with van der Waals surface area (Å²) in [6, 6.07) is 9.91. The first kappa shape index (κ1) is 16.1. The normalized spacial score (nSPS) is 11.2. The second-order valence-electron chi connectivity index (χ2n) is 4.00. The van der Waals surface area contributed by atoms with Gasteiger partial charge in [0.2, 0.25) is 0 Å². The van der Waals surface area contributed by atoms with Crippen LogP contribution in [0.3, 0.4) is 0 Å². The zero-order chi connectivity index (χ0) is 15.6. The van der Waals surface area contributed by atoms with Gasteiger partial charge in [-0.1, -0.05) is 35.3 Å². The molecule has 2 aromatic rings. The standard InChI is InChI=1S/C13H8Cl3NO3S/c14-10-6-5-8(7-11(10)15)21(19,20)17-12-4-2-1-3-9(12)13(16)18/h1-7,17H. The van der Waals surface area contributed by atoms with Crippen LogP contribution in [0.4, 0.5) is 5.69 Å². The third kappa shape index (κ3) is 3.68. The number of hydrogen-bond donors (Lipinski definition) is 1. The Hall–Kier alpha value is -1.27. The van der Waals surface area contributed by atoms with Crippen LogP contribution >= 0.6 is 34.8 Å². The number of rotatable bonds is 4. The number of carbonyl (C=O) groups is 1. The van der Waals surface area contributed by atoms with Gasteiger partial charge in [0.1, 0.15) is 0 Å². The van der Waals surface area contributed by atoms with Crippen molar-refractivity contribution in [3.63, 3.8) is 0 Å². The molecule has 0 saturated carbocycles. The van der Waals surface area contributed by atoms with E-state index >= 15 is 0 Å². The molecule has 110 valence electrons. The number of benzene rings is 2. The van der Waals surface area contributed by atoms with Crippen LogP contribution in [0.25, 0.3) is 0 Å². The Kier molecular flexibility index (Phi) is 4.78. The molecule has 8 heteroatoms. The molecule has 2 rings (SSSR count). The van der Waals surface area contributed by atoms with Crippen molar-refractivity contribution in [3.8, 4) is 0 Å². The highest BCUT2D eigenvalue weighted by Gasteiger charge is 2.18. The zero-order valence-electron chi connectivity index (χ0n) is 10.3. The quantitative estimate of drug-likeness (QED) is 0.828. The fraction of sp³-hybridized carbons (Fsp3) is 0. The average molecular weight is 365 g/mol. The lowest BCUT2D eigenvalue weighted by Crippen LogP contribution is -2.14. The second kappa shape index (κ2) is 6.23. The van der Waals surface area contributed by atoms with Gasteiger partial charge in [-0.15, -0.1) is 0 Å². The van der Waals surface area contributed by atoms with E-state index in [0.717, 1.165) is 0 Å². The zero-order valence-corrected chi connectivity index (χ0v) is 13.4. The maximum absolute atomic E-state index is 12.3. The van der Waals surface area contributed by atoms with E-state index in [1.54, 1.807) is 12.1 Å². The predicted molar refractivity (Wildman–Crippen MR) is 83.9 cm³/mol. The molecule has 0 aliphatic carbocycles. The molecule has 0 unspecified atom stereocenters. The highest BCUT2D eigenvalue weighted by molar-refractivity contribution is 7.92. The highest BCUT2D eigenvalue weighted by atomic mass is 35.5. The molecule has 0 radical (unpaired) electrons. The summed E-state index contributed by atoms with van der Waals surface area (Å²) >= 11 is 17.0. The highest BCUT2D eigenvalue weighted by Crippen LogP contribution is 2.27. The van der Waals surface area contributed by atoms with Gasteiger partial charge in [-0.3, -0.25) is 9.52 Å². The Morgan fingerprint density at radius 2 is 1.67 bits per heavy atom. The number of hydrogen-bond acceptors (Lipinski definition) is 3. The van der Waals surface area contributed by atoms with E-state index in [4.69, 9.17) is 34.8 Å². The number of para-hydroxylation sites is 1. The molecule has 21 heavy (non-hydrogen) atoms. The maximum Gasteiger partial charge on any atom is 0.261 e. The summed E-state index contributed by atoms with van der Waals surface area (Å²) in [6.07, 6.45) is 0. The summed E-state index contributed by atoms with van der Waals surface area (Å²) in [7, 11) is -3.91. The van der Waals surface area contributed by atoms with Gasteiger partial charge in [0.25, 0.3) is 15.3 Å². The van der Waals surface area contributed by atoms with Crippen LogP contribution in [-0.2, 0) is 10.0 Å². The van der Waals surface area contributed by atoms with Crippen LogP contribution in [0.15, 0.2) is 47.4 Å². The van der Waals surface area contributed by atoms with Gasteiger partial charge in [-0.05, 0) is 41.9 Å². The second-order valence-corrected chi connectivity index (χ2v) is 6.84. The van der Waals surface area contributed by atoms with Gasteiger partial charge >= 0.3 is 0 Å². The number of sulfonamides is 1. The van der Waals surface area contributed by atoms with E-state index in [1.165, 1.54) is 30.3 Å². The number of halogens is 3. The van der Waals surface area contributed by atoms with Crippen molar-refractivity contribution >= 4 is 55.8 Å². The fourth-order valence-corrected chi connectivity index (χ4v) is 3.22. The minimum atomic E-state index is -3.91. The molecular weight excluding hydrogens is 357 g/mol. The smallest absolute Gasteiger partial charge is 0.261 e. The van der Waals surface area contributed by atoms with E-state index in [1.807, 2.05) is 0 Å². The molecule has 0 aliphatic heterocycles. The molecule has 0 saturated heterocycles. The summed E-state index contributed by atoms with van der Waals surface area (Å²) in [5, 5.41) is -0.407. The lowest BCUT2D eigenvalue weighted by Gasteiger charge is -2.11. The molecule has 0 heterocycles. The Balaban J connectivity index is 2.42.